The van der Waals surface area contributed by atoms with Crippen molar-refractivity contribution >= 4 is 33.7 Å². The average Bonchev–Trinajstić information content (AvgIpc) is 2.98. The second kappa shape index (κ2) is 9.66. The number of nitrogens with two attached hydrogens (primary N) is 1. The first-order valence-corrected chi connectivity index (χ1v) is 10.7. The SMILES string of the molecule is COCCn1c(=O)n(CC(F)(F)F)c(=O)c2c(C)c(CN(C(N)=O)N(C(=O)O)C(C)(C)C)sc21. The van der Waals surface area contributed by atoms with Gasteiger partial charge in [0.15, 0.2) is 0 Å². The first kappa shape index (κ1) is 27.2. The molecule has 190 valence electrons. The number of alkyl halides is 3. The molecular formula is C19H26F3N5O6S. The summed E-state index contributed by atoms with van der Waals surface area (Å²) < 4.78 is 45.3. The molecule has 2 aromatic heterocycles. The Bertz CT molecular complexity index is 1210. The highest BCUT2D eigenvalue weighted by Crippen LogP contribution is 2.31. The number of hydrazine groups is 1. The van der Waals surface area contributed by atoms with Crippen LogP contribution in [-0.2, 0) is 24.4 Å². The number of aryl methyl sites for hydroxylation is 1. The van der Waals surface area contributed by atoms with Crippen molar-refractivity contribution < 1.29 is 32.6 Å². The van der Waals surface area contributed by atoms with Crippen LogP contribution in [0.2, 0.25) is 0 Å². The van der Waals surface area contributed by atoms with E-state index >= 15 is 0 Å². The molecule has 0 aliphatic rings. The molecule has 0 fully saturated rings. The van der Waals surface area contributed by atoms with Crippen molar-refractivity contribution in [3.05, 3.63) is 31.3 Å². The van der Waals surface area contributed by atoms with Gasteiger partial charge in [-0.05, 0) is 33.3 Å². The molecular weight excluding hydrogens is 483 g/mol. The number of fused-ring (bicyclic) bond motifs is 1. The Balaban J connectivity index is 2.79. The van der Waals surface area contributed by atoms with Gasteiger partial charge in [0.1, 0.15) is 11.4 Å². The second-order valence-corrected chi connectivity index (χ2v) is 9.51. The van der Waals surface area contributed by atoms with Crippen LogP contribution in [0.1, 0.15) is 31.2 Å². The maximum atomic E-state index is 13.1. The van der Waals surface area contributed by atoms with Gasteiger partial charge in [0, 0.05) is 12.0 Å². The average molecular weight is 510 g/mol. The van der Waals surface area contributed by atoms with Crippen molar-refractivity contribution in [1.29, 1.82) is 0 Å². The number of methoxy groups -OCH3 is 1. The molecule has 2 heterocycles. The number of primary amides is 1. The fraction of sp³-hybridized carbons (Fsp3) is 0.579. The van der Waals surface area contributed by atoms with Crippen LogP contribution in [0.5, 0.6) is 0 Å². The number of carbonyl (C=O) groups excluding carboxylic acids is 1. The normalized spacial score (nSPS) is 12.2. The molecule has 0 aliphatic heterocycles. The first-order valence-electron chi connectivity index (χ1n) is 9.92. The van der Waals surface area contributed by atoms with Crippen LogP contribution in [0.25, 0.3) is 10.2 Å². The second-order valence-electron chi connectivity index (χ2n) is 8.42. The molecule has 0 unspecified atom stereocenters. The summed E-state index contributed by atoms with van der Waals surface area (Å²) in [5.41, 5.74) is 2.26. The lowest BCUT2D eigenvalue weighted by atomic mass is 10.1. The summed E-state index contributed by atoms with van der Waals surface area (Å²) in [6.07, 6.45) is -6.28. The number of carbonyl (C=O) groups is 2. The molecule has 0 radical (unpaired) electrons. The van der Waals surface area contributed by atoms with Gasteiger partial charge in [-0.2, -0.15) is 13.2 Å². The summed E-state index contributed by atoms with van der Waals surface area (Å²) in [5.74, 6) is 0. The Morgan fingerprint density at radius 1 is 1.18 bits per heavy atom. The molecule has 0 aliphatic carbocycles. The third-order valence-corrected chi connectivity index (χ3v) is 6.15. The molecule has 0 atom stereocenters. The van der Waals surface area contributed by atoms with Gasteiger partial charge < -0.3 is 15.6 Å². The minimum absolute atomic E-state index is 0.0181. The van der Waals surface area contributed by atoms with E-state index in [-0.39, 0.29) is 44.9 Å². The molecule has 15 heteroatoms. The molecule has 2 aromatic rings. The number of amides is 3. The third kappa shape index (κ3) is 5.52. The Hall–Kier alpha value is -3.07. The van der Waals surface area contributed by atoms with Gasteiger partial charge >= 0.3 is 24.0 Å². The Morgan fingerprint density at radius 3 is 2.21 bits per heavy atom. The lowest BCUT2D eigenvalue weighted by Crippen LogP contribution is -2.58. The highest BCUT2D eigenvalue weighted by atomic mass is 32.1. The van der Waals surface area contributed by atoms with Crippen molar-refractivity contribution in [2.45, 2.75) is 59.0 Å². The summed E-state index contributed by atoms with van der Waals surface area (Å²) in [6, 6.07) is -1.10. The predicted octanol–water partition coefficient (Wildman–Crippen LogP) is 2.32. The van der Waals surface area contributed by atoms with Crippen LogP contribution >= 0.6 is 11.3 Å². The summed E-state index contributed by atoms with van der Waals surface area (Å²) in [4.78, 5) is 50.1. The number of hydrogen-bond donors (Lipinski definition) is 2. The number of nitrogens with zero attached hydrogens (tertiary/aromatic N) is 4. The van der Waals surface area contributed by atoms with Crippen molar-refractivity contribution in [1.82, 2.24) is 19.2 Å². The van der Waals surface area contributed by atoms with Gasteiger partial charge in [0.2, 0.25) is 0 Å². The molecule has 0 bridgehead atoms. The zero-order valence-corrected chi connectivity index (χ0v) is 20.0. The summed E-state index contributed by atoms with van der Waals surface area (Å²) >= 11 is 0.885. The first-order chi connectivity index (χ1) is 15.5. The Kier molecular flexibility index (Phi) is 7.72. The van der Waals surface area contributed by atoms with Crippen LogP contribution in [-0.4, -0.2) is 61.8 Å². The largest absolute Gasteiger partial charge is 0.464 e. The van der Waals surface area contributed by atoms with Gasteiger partial charge in [0.05, 0.1) is 30.6 Å². The van der Waals surface area contributed by atoms with Crippen LogP contribution in [0, 0.1) is 6.92 Å². The number of ether oxygens (including phenoxy) is 1. The Morgan fingerprint density at radius 2 is 1.76 bits per heavy atom. The number of thiophene rings is 1. The van der Waals surface area contributed by atoms with E-state index in [1.807, 2.05) is 0 Å². The molecule has 2 rings (SSSR count). The molecule has 0 aromatic carbocycles. The minimum atomic E-state index is -4.82. The zero-order valence-electron chi connectivity index (χ0n) is 19.2. The van der Waals surface area contributed by atoms with Crippen LogP contribution in [0.3, 0.4) is 0 Å². The number of aromatic nitrogens is 2. The fourth-order valence-corrected chi connectivity index (χ4v) is 4.72. The van der Waals surface area contributed by atoms with Gasteiger partial charge in [-0.1, -0.05) is 0 Å². The number of urea groups is 1. The van der Waals surface area contributed by atoms with Gasteiger partial charge in [0.25, 0.3) is 5.56 Å². The van der Waals surface area contributed by atoms with E-state index in [1.165, 1.54) is 34.8 Å². The van der Waals surface area contributed by atoms with Crippen LogP contribution in [0.15, 0.2) is 9.59 Å². The lowest BCUT2D eigenvalue weighted by molar-refractivity contribution is -0.141. The molecule has 0 saturated heterocycles. The summed E-state index contributed by atoms with van der Waals surface area (Å²) in [7, 11) is 1.34. The summed E-state index contributed by atoms with van der Waals surface area (Å²) in [6.45, 7) is 3.73. The van der Waals surface area contributed by atoms with Crippen molar-refractivity contribution in [2.75, 3.05) is 13.7 Å². The third-order valence-electron chi connectivity index (χ3n) is 4.86. The van der Waals surface area contributed by atoms with Crippen LogP contribution < -0.4 is 17.0 Å². The molecule has 0 saturated carbocycles. The molecule has 34 heavy (non-hydrogen) atoms. The number of rotatable bonds is 6. The van der Waals surface area contributed by atoms with E-state index in [4.69, 9.17) is 10.5 Å². The monoisotopic (exact) mass is 509 g/mol. The maximum absolute atomic E-state index is 13.1. The number of halogens is 3. The van der Waals surface area contributed by atoms with Crippen molar-refractivity contribution in [3.63, 3.8) is 0 Å². The molecule has 3 N–H and O–H groups in total. The maximum Gasteiger partial charge on any atom is 0.426 e. The van der Waals surface area contributed by atoms with E-state index in [1.54, 1.807) is 0 Å². The topological polar surface area (TPSA) is 140 Å². The van der Waals surface area contributed by atoms with Crippen molar-refractivity contribution in [2.24, 2.45) is 5.73 Å². The van der Waals surface area contributed by atoms with Crippen molar-refractivity contribution in [3.8, 4) is 0 Å². The standard InChI is InChI=1S/C19H26F3N5O6S/c1-10-11(8-26(15(23)29)27(17(31)32)18(2,3)4)34-14-12(10)13(28)25(9-19(20,21)22)16(30)24(14)6-7-33-5/h6-9H2,1-5H3,(H2,23,29)(H,31,32). The Labute approximate surface area is 195 Å². The highest BCUT2D eigenvalue weighted by Gasteiger charge is 2.36. The number of hydrogen-bond acceptors (Lipinski definition) is 6. The lowest BCUT2D eigenvalue weighted by Gasteiger charge is -2.40. The fourth-order valence-electron chi connectivity index (χ4n) is 3.43. The minimum Gasteiger partial charge on any atom is -0.464 e. The van der Waals surface area contributed by atoms with E-state index in [9.17, 15) is 37.5 Å². The molecule has 3 amide bonds. The number of carboxylic acid groups (broad SMARTS) is 1. The quantitative estimate of drug-likeness (QED) is 0.573. The van der Waals surface area contributed by atoms with Crippen LogP contribution in [0.4, 0.5) is 22.8 Å². The zero-order chi connectivity index (χ0) is 26.2. The van der Waals surface area contributed by atoms with E-state index in [0.717, 1.165) is 25.9 Å². The highest BCUT2D eigenvalue weighted by molar-refractivity contribution is 7.18. The predicted molar refractivity (Wildman–Crippen MR) is 118 cm³/mol. The molecule has 11 nitrogen and oxygen atoms in total. The van der Waals surface area contributed by atoms with Gasteiger partial charge in [-0.15, -0.1) is 11.3 Å². The van der Waals surface area contributed by atoms with E-state index in [2.05, 4.69) is 0 Å². The molecule has 0 spiro atoms. The van der Waals surface area contributed by atoms with Gasteiger partial charge in [-0.3, -0.25) is 13.9 Å². The van der Waals surface area contributed by atoms with E-state index < -0.39 is 41.6 Å². The smallest absolute Gasteiger partial charge is 0.426 e. The van der Waals surface area contributed by atoms with E-state index in [0.29, 0.717) is 0 Å². The summed E-state index contributed by atoms with van der Waals surface area (Å²) in [5, 5.41) is 11.0. The van der Waals surface area contributed by atoms with Gasteiger partial charge in [-0.25, -0.2) is 24.4 Å².